The van der Waals surface area contributed by atoms with E-state index in [1.807, 2.05) is 23.5 Å². The van der Waals surface area contributed by atoms with E-state index in [-0.39, 0.29) is 10.8 Å². The van der Waals surface area contributed by atoms with Crippen LogP contribution in [0.25, 0.3) is 56.3 Å². The molecule has 0 fully saturated rings. The normalized spacial score (nSPS) is 18.3. The molecule has 0 amide bonds. The number of benzene rings is 8. The second-order valence-electron chi connectivity index (χ2n) is 21.1. The summed E-state index contributed by atoms with van der Waals surface area (Å²) in [5.74, 6) is 0.352. The second-order valence-corrected chi connectivity index (χ2v) is 23.2. The first-order valence-electron chi connectivity index (χ1n) is 25.6. The van der Waals surface area contributed by atoms with E-state index < -0.39 is 0 Å². The fourth-order valence-corrected chi connectivity index (χ4v) is 15.1. The molecule has 2 nitrogen and oxygen atoms in total. The topological polar surface area (TPSA) is 6.48 Å². The van der Waals surface area contributed by atoms with Gasteiger partial charge in [0, 0.05) is 42.9 Å². The third-order valence-corrected chi connectivity index (χ3v) is 18.9. The summed E-state index contributed by atoms with van der Waals surface area (Å²) in [7, 11) is 0. The highest BCUT2D eigenvalue weighted by Crippen LogP contribution is 2.56. The molecule has 8 aromatic rings. The fourth-order valence-electron chi connectivity index (χ4n) is 13.0. The van der Waals surface area contributed by atoms with Gasteiger partial charge in [-0.25, -0.2) is 0 Å². The van der Waals surface area contributed by atoms with E-state index in [1.165, 1.54) is 125 Å². The van der Waals surface area contributed by atoms with Crippen LogP contribution < -0.4 is 20.2 Å². The Bertz CT molecular complexity index is 3830. The van der Waals surface area contributed by atoms with Crippen LogP contribution in [0.1, 0.15) is 82.7 Å². The van der Waals surface area contributed by atoms with E-state index in [2.05, 4.69) is 252 Å². The van der Waals surface area contributed by atoms with Crippen molar-refractivity contribution in [2.24, 2.45) is 5.92 Å². The van der Waals surface area contributed by atoms with Crippen LogP contribution in [0.4, 0.5) is 22.7 Å². The van der Waals surface area contributed by atoms with Crippen LogP contribution in [0.5, 0.6) is 0 Å². The lowest BCUT2D eigenvalue weighted by Crippen LogP contribution is -2.35. The van der Waals surface area contributed by atoms with Crippen molar-refractivity contribution < 1.29 is 0 Å². The smallest absolute Gasteiger partial charge is 0.0601 e. The van der Waals surface area contributed by atoms with E-state index in [1.54, 1.807) is 0 Å². The number of fused-ring (bicyclic) bond motifs is 10. The van der Waals surface area contributed by atoms with Crippen molar-refractivity contribution in [2.75, 3.05) is 16.3 Å². The van der Waals surface area contributed by atoms with Crippen molar-refractivity contribution in [3.8, 4) is 22.3 Å². The molecule has 13 rings (SSSR count). The van der Waals surface area contributed by atoms with E-state index in [0.717, 1.165) is 18.7 Å². The zero-order valence-electron chi connectivity index (χ0n) is 42.2. The fraction of sp³-hybridized carbons (Fsp3) is 0.176. The van der Waals surface area contributed by atoms with Gasteiger partial charge in [0.15, 0.2) is 0 Å². The Morgan fingerprint density at radius 3 is 1.94 bits per heavy atom. The maximum Gasteiger partial charge on any atom is 0.0601 e. The third-order valence-electron chi connectivity index (χ3n) is 16.5. The molecule has 2 aliphatic heterocycles. The molecule has 0 N–H and O–H groups in total. The van der Waals surface area contributed by atoms with Gasteiger partial charge in [-0.05, 0) is 176 Å². The number of allylic oxidation sites excluding steroid dienone is 7. The summed E-state index contributed by atoms with van der Waals surface area (Å²) in [5.41, 5.74) is 21.0. The molecule has 0 spiro atoms. The largest absolute Gasteiger partial charge is 0.339 e. The van der Waals surface area contributed by atoms with Crippen LogP contribution in [-0.4, -0.2) is 6.54 Å². The van der Waals surface area contributed by atoms with Gasteiger partial charge in [0.2, 0.25) is 0 Å². The van der Waals surface area contributed by atoms with Gasteiger partial charge < -0.3 is 9.80 Å². The minimum absolute atomic E-state index is 0.0173. The lowest BCUT2D eigenvalue weighted by molar-refractivity contribution is 0.418. The van der Waals surface area contributed by atoms with Crippen molar-refractivity contribution in [3.63, 3.8) is 0 Å². The van der Waals surface area contributed by atoms with Crippen molar-refractivity contribution in [2.45, 2.75) is 80.4 Å². The quantitative estimate of drug-likeness (QED) is 0.164. The molecular formula is C68H58N2S2. The molecule has 0 aromatic heterocycles. The van der Waals surface area contributed by atoms with Gasteiger partial charge in [0.1, 0.15) is 0 Å². The van der Waals surface area contributed by atoms with Crippen LogP contribution in [-0.2, 0) is 10.8 Å². The summed E-state index contributed by atoms with van der Waals surface area (Å²) in [6, 6.07) is 59.6. The van der Waals surface area contributed by atoms with E-state index in [9.17, 15) is 0 Å². The standard InChI is InChI=1S/C68H58N2S2/c1-8-20-61-42(3)69(58-25-14-17-28-62(58)71-61)38-37-52-46(9-2)65(43-31-34-49-47-21-10-12-23-54(47)67(4,5)56(49)39-43)53-41-45(70-59-26-15-18-29-63(59)72-64-30-19-16-27-60(64)70)33-36-51(53)66(52)44-32-35-50-48-22-11-13-24-55(48)68(6,7)57(50)40-44/h8-37,39,41,57H,38,40H2,1-7H3/b20-8-,46-9+,52-37+. The first-order valence-corrected chi connectivity index (χ1v) is 27.3. The van der Waals surface area contributed by atoms with Crippen molar-refractivity contribution >= 4 is 80.3 Å². The Morgan fingerprint density at radius 1 is 0.583 bits per heavy atom. The highest BCUT2D eigenvalue weighted by atomic mass is 32.2. The minimum Gasteiger partial charge on any atom is -0.339 e. The first kappa shape index (κ1) is 44.9. The lowest BCUT2D eigenvalue weighted by atomic mass is 9.71. The van der Waals surface area contributed by atoms with E-state index in [0.29, 0.717) is 5.92 Å². The average molecular weight is 967 g/mol. The molecule has 0 saturated carbocycles. The Balaban J connectivity index is 1.12. The zero-order valence-corrected chi connectivity index (χ0v) is 43.8. The molecule has 0 bridgehead atoms. The Hall–Kier alpha value is -6.98. The molecule has 5 aliphatic rings. The summed E-state index contributed by atoms with van der Waals surface area (Å²) >= 11 is 3.74. The predicted molar refractivity (Wildman–Crippen MR) is 310 cm³/mol. The molecule has 72 heavy (non-hydrogen) atoms. The van der Waals surface area contributed by atoms with Gasteiger partial charge >= 0.3 is 0 Å². The first-order chi connectivity index (χ1) is 35.1. The van der Waals surface area contributed by atoms with Gasteiger partial charge in [0.05, 0.1) is 17.1 Å². The van der Waals surface area contributed by atoms with Crippen molar-refractivity contribution in [1.29, 1.82) is 0 Å². The zero-order chi connectivity index (χ0) is 49.0. The Labute approximate surface area is 433 Å². The third kappa shape index (κ3) is 6.78. The van der Waals surface area contributed by atoms with Crippen LogP contribution >= 0.6 is 23.5 Å². The highest BCUT2D eigenvalue weighted by Gasteiger charge is 2.44. The maximum absolute atomic E-state index is 2.57. The number of para-hydroxylation sites is 3. The molecule has 8 aromatic carbocycles. The lowest BCUT2D eigenvalue weighted by Gasteiger charge is -2.34. The van der Waals surface area contributed by atoms with Gasteiger partial charge in [-0.1, -0.05) is 191 Å². The average Bonchev–Trinajstić information content (AvgIpc) is 3.78. The molecule has 0 saturated heterocycles. The number of hydrogen-bond donors (Lipinski definition) is 0. The molecule has 1 unspecified atom stereocenters. The molecule has 4 heteroatoms. The number of thioether (sulfide) groups is 1. The van der Waals surface area contributed by atoms with Gasteiger partial charge in [-0.15, -0.1) is 0 Å². The van der Waals surface area contributed by atoms with E-state index in [4.69, 9.17) is 0 Å². The predicted octanol–water partition coefficient (Wildman–Crippen LogP) is 17.5. The minimum atomic E-state index is -0.149. The monoisotopic (exact) mass is 966 g/mol. The SMILES string of the molecule is C/C=C\C1=C(C)N(C/C=c2/c(C3=CC=C4c5ccccc5C(C)(C)C4C3)c3ccc(N4c5ccccc5Sc5ccccc54)cc3c(-c3ccc4c(c3)C(C)(C)c3ccccc3-4)/c2=C/C)c2ccccc2S1. The second kappa shape index (κ2) is 17.1. The highest BCUT2D eigenvalue weighted by molar-refractivity contribution is 8.03. The molecule has 0 radical (unpaired) electrons. The van der Waals surface area contributed by atoms with Gasteiger partial charge in [-0.2, -0.15) is 0 Å². The molecule has 352 valence electrons. The van der Waals surface area contributed by atoms with E-state index >= 15 is 0 Å². The molecule has 1 atom stereocenters. The summed E-state index contributed by atoms with van der Waals surface area (Å²) in [5, 5.41) is 5.13. The van der Waals surface area contributed by atoms with Crippen molar-refractivity contribution in [1.82, 2.24) is 0 Å². The Morgan fingerprint density at radius 2 is 1.22 bits per heavy atom. The maximum atomic E-state index is 2.57. The van der Waals surface area contributed by atoms with Crippen LogP contribution in [0.3, 0.4) is 0 Å². The van der Waals surface area contributed by atoms with Gasteiger partial charge in [-0.3, -0.25) is 0 Å². The van der Waals surface area contributed by atoms with Crippen LogP contribution in [0.15, 0.2) is 207 Å². The summed E-state index contributed by atoms with van der Waals surface area (Å²) in [6.07, 6.45) is 15.3. The summed E-state index contributed by atoms with van der Waals surface area (Å²) < 4.78 is 0. The molecule has 2 heterocycles. The van der Waals surface area contributed by atoms with Crippen LogP contribution in [0, 0.1) is 5.92 Å². The summed E-state index contributed by atoms with van der Waals surface area (Å²) in [6.45, 7) is 17.2. The summed E-state index contributed by atoms with van der Waals surface area (Å²) in [4.78, 5) is 10.1. The Kier molecular flexibility index (Phi) is 10.7. The number of anilines is 4. The molecule has 3 aliphatic carbocycles. The molecular weight excluding hydrogens is 909 g/mol. The number of hydrogen-bond acceptors (Lipinski definition) is 4. The van der Waals surface area contributed by atoms with Gasteiger partial charge in [0.25, 0.3) is 0 Å². The number of rotatable bonds is 6. The van der Waals surface area contributed by atoms with Crippen molar-refractivity contribution in [3.05, 3.63) is 231 Å². The number of nitrogens with zero attached hydrogens (tertiary/aromatic N) is 2. The van der Waals surface area contributed by atoms with Crippen LogP contribution in [0.2, 0.25) is 0 Å².